The summed E-state index contributed by atoms with van der Waals surface area (Å²) in [5.41, 5.74) is 8.06. The van der Waals surface area contributed by atoms with Gasteiger partial charge in [-0.1, -0.05) is 12.6 Å². The van der Waals surface area contributed by atoms with Gasteiger partial charge in [0.1, 0.15) is 0 Å². The zero-order valence-electron chi connectivity index (χ0n) is 9.81. The zero-order valence-corrected chi connectivity index (χ0v) is 9.81. The Kier molecular flexibility index (Phi) is 3.18. The predicted molar refractivity (Wildman–Crippen MR) is 68.8 cm³/mol. The first-order valence-electron chi connectivity index (χ1n) is 5.25. The van der Waals surface area contributed by atoms with Gasteiger partial charge in [0.15, 0.2) is 5.82 Å². The van der Waals surface area contributed by atoms with E-state index < -0.39 is 6.08 Å². The van der Waals surface area contributed by atoms with E-state index in [1.807, 2.05) is 13.0 Å². The molecule has 5 nitrogen and oxygen atoms in total. The largest absolute Gasteiger partial charge is 0.398 e. The van der Waals surface area contributed by atoms with Crippen molar-refractivity contribution in [2.24, 2.45) is 0 Å². The standard InChI is InChI=1S/C12H12FN5/c1-3-10-16-11(13)18-12(17-10)15-8-5-4-7(2)9(14)6-8/h3-6H,1,14H2,2H3,(H,15,16,17,18). The Balaban J connectivity index is 2.30. The molecule has 18 heavy (non-hydrogen) atoms. The molecule has 2 aromatic rings. The van der Waals surface area contributed by atoms with Crippen molar-refractivity contribution in [3.05, 3.63) is 42.2 Å². The number of rotatable bonds is 3. The summed E-state index contributed by atoms with van der Waals surface area (Å²) in [5.74, 6) is 0.283. The van der Waals surface area contributed by atoms with E-state index in [4.69, 9.17) is 5.73 Å². The van der Waals surface area contributed by atoms with E-state index in [1.54, 1.807) is 12.1 Å². The second-order valence-corrected chi connectivity index (χ2v) is 3.69. The highest BCUT2D eigenvalue weighted by Crippen LogP contribution is 2.19. The predicted octanol–water partition coefficient (Wildman–Crippen LogP) is 2.29. The van der Waals surface area contributed by atoms with Crippen LogP contribution in [0.2, 0.25) is 0 Å². The van der Waals surface area contributed by atoms with E-state index in [0.29, 0.717) is 11.4 Å². The first kappa shape index (κ1) is 12.0. The lowest BCUT2D eigenvalue weighted by atomic mass is 10.2. The Morgan fingerprint density at radius 3 is 2.78 bits per heavy atom. The van der Waals surface area contributed by atoms with Gasteiger partial charge >= 0.3 is 6.08 Å². The van der Waals surface area contributed by atoms with E-state index in [0.717, 1.165) is 5.56 Å². The molecule has 0 atom stereocenters. The third-order valence-electron chi connectivity index (χ3n) is 2.34. The lowest BCUT2D eigenvalue weighted by Gasteiger charge is -2.07. The number of aromatic nitrogens is 3. The third-order valence-corrected chi connectivity index (χ3v) is 2.34. The topological polar surface area (TPSA) is 76.7 Å². The average Bonchev–Trinajstić information content (AvgIpc) is 2.33. The van der Waals surface area contributed by atoms with Crippen LogP contribution >= 0.6 is 0 Å². The molecule has 0 radical (unpaired) electrons. The number of nitrogens with two attached hydrogens (primary N) is 1. The van der Waals surface area contributed by atoms with Gasteiger partial charge in [-0.05, 0) is 30.7 Å². The minimum absolute atomic E-state index is 0.112. The van der Waals surface area contributed by atoms with Crippen LogP contribution in [-0.4, -0.2) is 15.0 Å². The number of hydrogen-bond donors (Lipinski definition) is 2. The van der Waals surface area contributed by atoms with Gasteiger partial charge in [0.05, 0.1) is 0 Å². The molecule has 0 aliphatic rings. The van der Waals surface area contributed by atoms with Gasteiger partial charge in [0.25, 0.3) is 0 Å². The monoisotopic (exact) mass is 245 g/mol. The molecule has 0 fully saturated rings. The zero-order chi connectivity index (χ0) is 13.1. The molecular formula is C12H12FN5. The number of nitrogen functional groups attached to an aromatic ring is 1. The van der Waals surface area contributed by atoms with E-state index in [-0.39, 0.29) is 11.8 Å². The van der Waals surface area contributed by atoms with Crippen LogP contribution in [0, 0.1) is 13.0 Å². The fourth-order valence-corrected chi connectivity index (χ4v) is 1.36. The van der Waals surface area contributed by atoms with Crippen LogP contribution in [0.1, 0.15) is 11.4 Å². The molecule has 0 saturated heterocycles. The molecule has 6 heteroatoms. The minimum Gasteiger partial charge on any atom is -0.398 e. The summed E-state index contributed by atoms with van der Waals surface area (Å²) in [6.07, 6.45) is 0.488. The summed E-state index contributed by atoms with van der Waals surface area (Å²) < 4.78 is 13.1. The molecular weight excluding hydrogens is 233 g/mol. The summed E-state index contributed by atoms with van der Waals surface area (Å²) in [6.45, 7) is 5.38. The maximum atomic E-state index is 13.1. The van der Waals surface area contributed by atoms with E-state index >= 15 is 0 Å². The van der Waals surface area contributed by atoms with Gasteiger partial charge in [0, 0.05) is 11.4 Å². The smallest absolute Gasteiger partial charge is 0.313 e. The van der Waals surface area contributed by atoms with Crippen LogP contribution in [-0.2, 0) is 0 Å². The fraction of sp³-hybridized carbons (Fsp3) is 0.0833. The number of nitrogens with one attached hydrogen (secondary N) is 1. The Bertz CT molecular complexity index is 597. The molecule has 0 amide bonds. The lowest BCUT2D eigenvalue weighted by Crippen LogP contribution is -2.04. The number of hydrogen-bond acceptors (Lipinski definition) is 5. The van der Waals surface area contributed by atoms with Gasteiger partial charge in [0.2, 0.25) is 5.95 Å². The van der Waals surface area contributed by atoms with E-state index in [2.05, 4.69) is 26.8 Å². The highest BCUT2D eigenvalue weighted by atomic mass is 19.1. The third kappa shape index (κ3) is 2.60. The Morgan fingerprint density at radius 2 is 2.11 bits per heavy atom. The molecule has 0 aliphatic carbocycles. The van der Waals surface area contributed by atoms with Gasteiger partial charge in [-0.3, -0.25) is 0 Å². The van der Waals surface area contributed by atoms with Crippen LogP contribution in [0.5, 0.6) is 0 Å². The van der Waals surface area contributed by atoms with Crippen LogP contribution in [0.15, 0.2) is 24.8 Å². The van der Waals surface area contributed by atoms with Crippen LogP contribution in [0.25, 0.3) is 6.08 Å². The van der Waals surface area contributed by atoms with Crippen LogP contribution < -0.4 is 11.1 Å². The lowest BCUT2D eigenvalue weighted by molar-refractivity contribution is 0.533. The summed E-state index contributed by atoms with van der Waals surface area (Å²) in [4.78, 5) is 11.0. The van der Waals surface area contributed by atoms with E-state index in [9.17, 15) is 4.39 Å². The van der Waals surface area contributed by atoms with Gasteiger partial charge in [-0.15, -0.1) is 0 Å². The number of aryl methyl sites for hydroxylation is 1. The second-order valence-electron chi connectivity index (χ2n) is 3.69. The molecule has 3 N–H and O–H groups in total. The molecule has 1 aromatic carbocycles. The first-order valence-corrected chi connectivity index (χ1v) is 5.25. The molecule has 2 rings (SSSR count). The molecule has 0 aliphatic heterocycles. The summed E-state index contributed by atoms with van der Waals surface area (Å²) in [7, 11) is 0. The van der Waals surface area contributed by atoms with Crippen molar-refractivity contribution < 1.29 is 4.39 Å². The van der Waals surface area contributed by atoms with Crippen LogP contribution in [0.3, 0.4) is 0 Å². The number of nitrogens with zero attached hydrogens (tertiary/aromatic N) is 3. The summed E-state index contributed by atoms with van der Waals surface area (Å²) >= 11 is 0. The quantitative estimate of drug-likeness (QED) is 0.811. The summed E-state index contributed by atoms with van der Waals surface area (Å²) in [5, 5.41) is 2.86. The Hall–Kier alpha value is -2.50. The van der Waals surface area contributed by atoms with Crippen molar-refractivity contribution in [2.75, 3.05) is 11.1 Å². The number of halogens is 1. The molecule has 92 valence electrons. The van der Waals surface area contributed by atoms with Gasteiger partial charge in [-0.2, -0.15) is 19.3 Å². The first-order chi connectivity index (χ1) is 8.58. The number of benzene rings is 1. The SMILES string of the molecule is C=Cc1nc(F)nc(Nc2ccc(C)c(N)c2)n1. The molecule has 0 bridgehead atoms. The second kappa shape index (κ2) is 4.79. The highest BCUT2D eigenvalue weighted by molar-refractivity contribution is 5.62. The van der Waals surface area contributed by atoms with Gasteiger partial charge < -0.3 is 11.1 Å². The van der Waals surface area contributed by atoms with Crippen molar-refractivity contribution in [1.29, 1.82) is 0 Å². The maximum Gasteiger partial charge on any atom is 0.313 e. The highest BCUT2D eigenvalue weighted by Gasteiger charge is 2.04. The Morgan fingerprint density at radius 1 is 1.33 bits per heavy atom. The molecule has 1 heterocycles. The number of anilines is 3. The Labute approximate surface area is 104 Å². The van der Waals surface area contributed by atoms with E-state index in [1.165, 1.54) is 6.08 Å². The molecule has 1 aromatic heterocycles. The molecule has 0 unspecified atom stereocenters. The van der Waals surface area contributed by atoms with Crippen molar-refractivity contribution in [1.82, 2.24) is 15.0 Å². The normalized spacial score (nSPS) is 10.1. The van der Waals surface area contributed by atoms with Crippen LogP contribution in [0.4, 0.5) is 21.7 Å². The van der Waals surface area contributed by atoms with Crippen molar-refractivity contribution in [3.8, 4) is 0 Å². The van der Waals surface area contributed by atoms with Crippen molar-refractivity contribution >= 4 is 23.4 Å². The van der Waals surface area contributed by atoms with Gasteiger partial charge in [-0.25, -0.2) is 0 Å². The summed E-state index contributed by atoms with van der Waals surface area (Å²) in [6, 6.07) is 5.38. The molecule has 0 spiro atoms. The minimum atomic E-state index is -0.859. The molecule has 0 saturated carbocycles. The van der Waals surface area contributed by atoms with Crippen molar-refractivity contribution in [2.45, 2.75) is 6.92 Å². The average molecular weight is 245 g/mol. The maximum absolute atomic E-state index is 13.1. The fourth-order valence-electron chi connectivity index (χ4n) is 1.36. The van der Waals surface area contributed by atoms with Crippen molar-refractivity contribution in [3.63, 3.8) is 0 Å².